The van der Waals surface area contributed by atoms with E-state index >= 15 is 0 Å². The summed E-state index contributed by atoms with van der Waals surface area (Å²) in [5.41, 5.74) is 0.950. The summed E-state index contributed by atoms with van der Waals surface area (Å²) >= 11 is 3.32. The first kappa shape index (κ1) is 13.7. The van der Waals surface area contributed by atoms with E-state index in [4.69, 9.17) is 5.11 Å². The van der Waals surface area contributed by atoms with E-state index in [1.165, 1.54) is 0 Å². The molecule has 0 saturated carbocycles. The Kier molecular flexibility index (Phi) is 5.65. The molecule has 0 heterocycles. The van der Waals surface area contributed by atoms with Gasteiger partial charge in [0.05, 0.1) is 0 Å². The molecule has 17 heavy (non-hydrogen) atoms. The molecule has 0 unspecified atom stereocenters. The lowest BCUT2D eigenvalue weighted by Gasteiger charge is -2.05. The fourth-order valence-corrected chi connectivity index (χ4v) is 1.58. The summed E-state index contributed by atoms with van der Waals surface area (Å²) in [6.07, 6.45) is 0. The Morgan fingerprint density at radius 1 is 1.35 bits per heavy atom. The molecule has 0 atom stereocenters. The molecule has 2 N–H and O–H groups in total. The number of benzene rings is 1. The molecule has 0 fully saturated rings. The molecule has 0 radical (unpaired) electrons. The third kappa shape index (κ3) is 6.03. The van der Waals surface area contributed by atoms with Crippen LogP contribution in [0.5, 0.6) is 0 Å². The summed E-state index contributed by atoms with van der Waals surface area (Å²) in [5, 5.41) is 10.9. The lowest BCUT2D eigenvalue weighted by atomic mass is 10.2. The van der Waals surface area contributed by atoms with Crippen LogP contribution in [0.3, 0.4) is 0 Å². The van der Waals surface area contributed by atoms with Crippen LogP contribution >= 0.6 is 15.9 Å². The van der Waals surface area contributed by atoms with Gasteiger partial charge < -0.3 is 15.2 Å². The molecule has 92 valence electrons. The average Bonchev–Trinajstić information content (AvgIpc) is 2.26. The predicted octanol–water partition coefficient (Wildman–Crippen LogP) is 1.17. The zero-order valence-corrected chi connectivity index (χ0v) is 10.6. The highest BCUT2D eigenvalue weighted by atomic mass is 79.9. The first-order valence-corrected chi connectivity index (χ1v) is 5.68. The second-order valence-corrected chi connectivity index (χ2v) is 4.21. The van der Waals surface area contributed by atoms with Crippen molar-refractivity contribution in [3.05, 3.63) is 34.3 Å². The summed E-state index contributed by atoms with van der Waals surface area (Å²) in [5.74, 6) is -1.43. The van der Waals surface area contributed by atoms with Crippen LogP contribution in [0.25, 0.3) is 0 Å². The molecule has 1 rings (SSSR count). The number of hydrogen-bond acceptors (Lipinski definition) is 3. The predicted molar refractivity (Wildman–Crippen MR) is 64.4 cm³/mol. The van der Waals surface area contributed by atoms with Gasteiger partial charge in [0.1, 0.15) is 13.2 Å². The maximum atomic E-state index is 11.2. The maximum absolute atomic E-state index is 11.2. The van der Waals surface area contributed by atoms with Gasteiger partial charge in [-0.25, -0.2) is 4.79 Å². The zero-order chi connectivity index (χ0) is 12.7. The Morgan fingerprint density at radius 2 is 2.12 bits per heavy atom. The van der Waals surface area contributed by atoms with Crippen molar-refractivity contribution < 1.29 is 19.4 Å². The Bertz CT molecular complexity index is 408. The smallest absolute Gasteiger partial charge is 0.329 e. The van der Waals surface area contributed by atoms with Gasteiger partial charge in [-0.05, 0) is 17.7 Å². The van der Waals surface area contributed by atoms with Crippen LogP contribution in [0.4, 0.5) is 0 Å². The summed E-state index contributed by atoms with van der Waals surface area (Å²) in [6.45, 7) is -0.334. The van der Waals surface area contributed by atoms with Crippen molar-refractivity contribution in [3.63, 3.8) is 0 Å². The van der Waals surface area contributed by atoms with E-state index in [-0.39, 0.29) is 12.5 Å². The van der Waals surface area contributed by atoms with E-state index in [2.05, 4.69) is 26.0 Å². The van der Waals surface area contributed by atoms with Crippen LogP contribution < -0.4 is 5.32 Å². The molecule has 0 aliphatic heterocycles. The number of hydrogen-bond donors (Lipinski definition) is 2. The number of carboxylic acids is 1. The van der Waals surface area contributed by atoms with Crippen LogP contribution in [0.15, 0.2) is 28.7 Å². The third-order valence-corrected chi connectivity index (χ3v) is 2.33. The van der Waals surface area contributed by atoms with Gasteiger partial charge in [0.25, 0.3) is 0 Å². The quantitative estimate of drug-likeness (QED) is 0.827. The van der Waals surface area contributed by atoms with E-state index in [0.29, 0.717) is 6.54 Å². The van der Waals surface area contributed by atoms with Crippen molar-refractivity contribution in [2.24, 2.45) is 0 Å². The molecular formula is C11H12BrNO4. The van der Waals surface area contributed by atoms with E-state index in [9.17, 15) is 9.59 Å². The number of carboxylic acid groups (broad SMARTS) is 1. The summed E-state index contributed by atoms with van der Waals surface area (Å²) in [6, 6.07) is 7.52. The number of ether oxygens (including phenoxy) is 1. The van der Waals surface area contributed by atoms with Crippen molar-refractivity contribution in [1.29, 1.82) is 0 Å². The van der Waals surface area contributed by atoms with Crippen molar-refractivity contribution in [2.45, 2.75) is 6.54 Å². The summed E-state index contributed by atoms with van der Waals surface area (Å²) < 4.78 is 5.58. The minimum Gasteiger partial charge on any atom is -0.480 e. The second kappa shape index (κ2) is 7.03. The monoisotopic (exact) mass is 301 g/mol. The number of halogens is 1. The highest BCUT2D eigenvalue weighted by Gasteiger charge is 2.03. The molecule has 1 amide bonds. The van der Waals surface area contributed by atoms with Crippen molar-refractivity contribution >= 4 is 27.8 Å². The van der Waals surface area contributed by atoms with Crippen LogP contribution in [-0.2, 0) is 20.9 Å². The molecule has 0 aromatic heterocycles. The van der Waals surface area contributed by atoms with Crippen LogP contribution in [0, 0.1) is 0 Å². The van der Waals surface area contributed by atoms with Crippen molar-refractivity contribution in [1.82, 2.24) is 5.32 Å². The van der Waals surface area contributed by atoms with Gasteiger partial charge in [0, 0.05) is 11.0 Å². The SMILES string of the molecule is O=C(O)COCC(=O)NCc1cccc(Br)c1. The molecular weight excluding hydrogens is 290 g/mol. The van der Waals surface area contributed by atoms with E-state index in [1.54, 1.807) is 0 Å². The van der Waals surface area contributed by atoms with Gasteiger partial charge in [-0.15, -0.1) is 0 Å². The molecule has 0 bridgehead atoms. The maximum Gasteiger partial charge on any atom is 0.329 e. The number of nitrogens with one attached hydrogen (secondary N) is 1. The molecule has 6 heteroatoms. The number of carbonyl (C=O) groups is 2. The topological polar surface area (TPSA) is 75.6 Å². The van der Waals surface area contributed by atoms with Crippen molar-refractivity contribution in [2.75, 3.05) is 13.2 Å². The van der Waals surface area contributed by atoms with Gasteiger partial charge in [0.2, 0.25) is 5.91 Å². The van der Waals surface area contributed by atoms with E-state index in [0.717, 1.165) is 10.0 Å². The van der Waals surface area contributed by atoms with Crippen LogP contribution in [0.2, 0.25) is 0 Å². The molecule has 5 nitrogen and oxygen atoms in total. The molecule has 0 aliphatic carbocycles. The normalized spacial score (nSPS) is 9.94. The summed E-state index contributed by atoms with van der Waals surface area (Å²) in [4.78, 5) is 21.4. The van der Waals surface area contributed by atoms with Gasteiger partial charge in [-0.3, -0.25) is 4.79 Å². The van der Waals surface area contributed by atoms with Gasteiger partial charge in [0.15, 0.2) is 0 Å². The largest absolute Gasteiger partial charge is 0.480 e. The number of rotatable bonds is 6. The molecule has 0 aliphatic rings. The van der Waals surface area contributed by atoms with Crippen LogP contribution in [0.1, 0.15) is 5.56 Å². The van der Waals surface area contributed by atoms with Crippen molar-refractivity contribution in [3.8, 4) is 0 Å². The number of amides is 1. The minimum atomic E-state index is -1.09. The van der Waals surface area contributed by atoms with Crippen LogP contribution in [-0.4, -0.2) is 30.2 Å². The van der Waals surface area contributed by atoms with Gasteiger partial charge >= 0.3 is 5.97 Å². The molecule has 1 aromatic carbocycles. The van der Waals surface area contributed by atoms with Gasteiger partial charge in [-0.1, -0.05) is 28.1 Å². The number of carbonyl (C=O) groups excluding carboxylic acids is 1. The number of aliphatic carboxylic acids is 1. The Labute approximate surface area is 107 Å². The zero-order valence-electron chi connectivity index (χ0n) is 8.98. The Morgan fingerprint density at radius 3 is 2.76 bits per heavy atom. The highest BCUT2D eigenvalue weighted by molar-refractivity contribution is 9.10. The van der Waals surface area contributed by atoms with Gasteiger partial charge in [-0.2, -0.15) is 0 Å². The summed E-state index contributed by atoms with van der Waals surface area (Å²) in [7, 11) is 0. The Hall–Kier alpha value is -1.40. The molecule has 0 spiro atoms. The third-order valence-electron chi connectivity index (χ3n) is 1.84. The first-order chi connectivity index (χ1) is 8.08. The van der Waals surface area contributed by atoms with E-state index in [1.807, 2.05) is 24.3 Å². The second-order valence-electron chi connectivity index (χ2n) is 3.29. The highest BCUT2D eigenvalue weighted by Crippen LogP contribution is 2.11. The Balaban J connectivity index is 2.26. The van der Waals surface area contributed by atoms with E-state index < -0.39 is 12.6 Å². The minimum absolute atomic E-state index is 0.250. The lowest BCUT2D eigenvalue weighted by molar-refractivity contribution is -0.143. The average molecular weight is 302 g/mol. The molecule has 0 saturated heterocycles. The fourth-order valence-electron chi connectivity index (χ4n) is 1.13. The molecule has 1 aromatic rings. The first-order valence-electron chi connectivity index (χ1n) is 4.88. The fraction of sp³-hybridized carbons (Fsp3) is 0.273. The lowest BCUT2D eigenvalue weighted by Crippen LogP contribution is -2.28. The standard InChI is InChI=1S/C11H12BrNO4/c12-9-3-1-2-8(4-9)5-13-10(14)6-17-7-11(15)16/h1-4H,5-7H2,(H,13,14)(H,15,16).